The van der Waals surface area contributed by atoms with Gasteiger partial charge in [-0.25, -0.2) is 19.4 Å². The third-order valence-electron chi connectivity index (χ3n) is 1.15. The molecular formula is C6H11NO6S. The molecule has 0 aliphatic rings. The Bertz CT molecular complexity index is 188. The molecule has 0 fully saturated rings. The molecule has 2 atom stereocenters. The summed E-state index contributed by atoms with van der Waals surface area (Å²) in [5.41, 5.74) is 5.16. The van der Waals surface area contributed by atoms with Crippen LogP contribution < -0.4 is 5.73 Å². The standard InChI is InChI=1S/C6H11NO6S/c7-3(2-14)5(10)12-13-6(11)4(9)1-8/h3-4,8-9,14H,1-2,7H2. The van der Waals surface area contributed by atoms with Crippen LogP contribution in [-0.4, -0.2) is 46.7 Å². The number of carbonyl (C=O) groups excluding carboxylic acids is 2. The summed E-state index contributed by atoms with van der Waals surface area (Å²) >= 11 is 3.70. The van der Waals surface area contributed by atoms with E-state index in [1.807, 2.05) is 0 Å². The van der Waals surface area contributed by atoms with Gasteiger partial charge in [-0.2, -0.15) is 12.6 Å². The highest BCUT2D eigenvalue weighted by Gasteiger charge is 2.21. The van der Waals surface area contributed by atoms with E-state index in [0.717, 1.165) is 0 Å². The predicted molar refractivity (Wildman–Crippen MR) is 47.1 cm³/mol. The van der Waals surface area contributed by atoms with E-state index in [4.69, 9.17) is 15.9 Å². The zero-order valence-electron chi connectivity index (χ0n) is 7.12. The van der Waals surface area contributed by atoms with E-state index in [1.165, 1.54) is 0 Å². The Kier molecular flexibility index (Phi) is 6.21. The first-order chi connectivity index (χ1) is 6.52. The van der Waals surface area contributed by atoms with E-state index in [0.29, 0.717) is 0 Å². The van der Waals surface area contributed by atoms with E-state index in [1.54, 1.807) is 0 Å². The smallest absolute Gasteiger partial charge is 0.386 e. The first-order valence-electron chi connectivity index (χ1n) is 3.60. The molecule has 0 aliphatic heterocycles. The second kappa shape index (κ2) is 6.60. The second-order valence-electron chi connectivity index (χ2n) is 2.29. The van der Waals surface area contributed by atoms with Gasteiger partial charge in [-0.1, -0.05) is 0 Å². The molecule has 0 aromatic carbocycles. The summed E-state index contributed by atoms with van der Waals surface area (Å²) in [6, 6.07) is -1.02. The van der Waals surface area contributed by atoms with Crippen molar-refractivity contribution < 1.29 is 29.6 Å². The van der Waals surface area contributed by atoms with Gasteiger partial charge >= 0.3 is 11.9 Å². The third kappa shape index (κ3) is 4.42. The molecule has 8 heteroatoms. The first kappa shape index (κ1) is 13.2. The van der Waals surface area contributed by atoms with Gasteiger partial charge in [0.1, 0.15) is 6.04 Å². The lowest BCUT2D eigenvalue weighted by atomic mass is 10.4. The maximum absolute atomic E-state index is 10.8. The number of rotatable bonds is 4. The summed E-state index contributed by atoms with van der Waals surface area (Å²) in [6.07, 6.45) is -1.74. The Morgan fingerprint density at radius 3 is 2.29 bits per heavy atom. The van der Waals surface area contributed by atoms with E-state index < -0.39 is 30.7 Å². The van der Waals surface area contributed by atoms with Crippen LogP contribution in [0.4, 0.5) is 0 Å². The van der Waals surface area contributed by atoms with Crippen molar-refractivity contribution in [3.63, 3.8) is 0 Å². The highest BCUT2D eigenvalue weighted by Crippen LogP contribution is 1.93. The Balaban J connectivity index is 3.83. The van der Waals surface area contributed by atoms with Crippen molar-refractivity contribution in [3.05, 3.63) is 0 Å². The molecule has 0 saturated carbocycles. The average molecular weight is 225 g/mol. The van der Waals surface area contributed by atoms with Crippen molar-refractivity contribution in [3.8, 4) is 0 Å². The summed E-state index contributed by atoms with van der Waals surface area (Å²) < 4.78 is 0. The van der Waals surface area contributed by atoms with E-state index >= 15 is 0 Å². The van der Waals surface area contributed by atoms with Crippen LogP contribution in [0.3, 0.4) is 0 Å². The normalized spacial score (nSPS) is 14.3. The third-order valence-corrected chi connectivity index (χ3v) is 1.54. The summed E-state index contributed by atoms with van der Waals surface area (Å²) in [4.78, 5) is 29.2. The van der Waals surface area contributed by atoms with Crippen LogP contribution in [0, 0.1) is 0 Å². The van der Waals surface area contributed by atoms with Crippen molar-refractivity contribution in [2.75, 3.05) is 12.4 Å². The van der Waals surface area contributed by atoms with Gasteiger partial charge in [-0.05, 0) is 0 Å². The number of hydrogen-bond acceptors (Lipinski definition) is 8. The monoisotopic (exact) mass is 225 g/mol. The minimum Gasteiger partial charge on any atom is -0.393 e. The van der Waals surface area contributed by atoms with E-state index in [-0.39, 0.29) is 5.75 Å². The predicted octanol–water partition coefficient (Wildman–Crippen LogP) is -2.40. The highest BCUT2D eigenvalue weighted by molar-refractivity contribution is 7.80. The van der Waals surface area contributed by atoms with Gasteiger partial charge in [0.25, 0.3) is 0 Å². The van der Waals surface area contributed by atoms with Gasteiger partial charge in [-0.15, -0.1) is 0 Å². The van der Waals surface area contributed by atoms with Gasteiger partial charge in [0.05, 0.1) is 6.61 Å². The van der Waals surface area contributed by atoms with Gasteiger partial charge in [0.15, 0.2) is 6.10 Å². The van der Waals surface area contributed by atoms with Crippen molar-refractivity contribution in [2.24, 2.45) is 5.73 Å². The molecule has 82 valence electrons. The van der Waals surface area contributed by atoms with Gasteiger partial charge in [0, 0.05) is 5.75 Å². The van der Waals surface area contributed by atoms with E-state index in [9.17, 15) is 9.59 Å². The lowest BCUT2D eigenvalue weighted by molar-refractivity contribution is -0.265. The molecule has 0 heterocycles. The van der Waals surface area contributed by atoms with Crippen LogP contribution in [0.25, 0.3) is 0 Å². The highest BCUT2D eigenvalue weighted by atomic mass is 32.1. The SMILES string of the molecule is NC(CS)C(=O)OOC(=O)C(O)CO. The molecule has 0 bridgehead atoms. The van der Waals surface area contributed by atoms with Gasteiger partial charge < -0.3 is 15.9 Å². The fourth-order valence-electron chi connectivity index (χ4n) is 0.349. The molecule has 4 N–H and O–H groups in total. The van der Waals surface area contributed by atoms with Gasteiger partial charge in [-0.3, -0.25) is 0 Å². The molecule has 0 saturated heterocycles. The Hall–Kier alpha value is -0.830. The minimum absolute atomic E-state index is 0.0267. The molecule has 0 spiro atoms. The zero-order chi connectivity index (χ0) is 11.1. The molecule has 14 heavy (non-hydrogen) atoms. The van der Waals surface area contributed by atoms with Crippen LogP contribution in [-0.2, 0) is 19.4 Å². The molecule has 0 amide bonds. The molecule has 0 radical (unpaired) electrons. The van der Waals surface area contributed by atoms with Crippen LogP contribution >= 0.6 is 12.6 Å². The molecule has 7 nitrogen and oxygen atoms in total. The molecule has 2 unspecified atom stereocenters. The van der Waals surface area contributed by atoms with Crippen molar-refractivity contribution in [1.82, 2.24) is 0 Å². The Morgan fingerprint density at radius 1 is 1.36 bits per heavy atom. The molecule has 0 aliphatic carbocycles. The lowest BCUT2D eigenvalue weighted by Gasteiger charge is -2.08. The summed E-state index contributed by atoms with van der Waals surface area (Å²) in [5, 5.41) is 17.0. The summed E-state index contributed by atoms with van der Waals surface area (Å²) in [7, 11) is 0. The van der Waals surface area contributed by atoms with Crippen LogP contribution in [0.15, 0.2) is 0 Å². The van der Waals surface area contributed by atoms with Crippen molar-refractivity contribution in [1.29, 1.82) is 0 Å². The number of thiol groups is 1. The van der Waals surface area contributed by atoms with Crippen molar-refractivity contribution >= 4 is 24.6 Å². The summed E-state index contributed by atoms with van der Waals surface area (Å²) in [5.74, 6) is -2.23. The molecular weight excluding hydrogens is 214 g/mol. The molecule has 0 rings (SSSR count). The average Bonchev–Trinajstić information content (AvgIpc) is 2.22. The fraction of sp³-hybridized carbons (Fsp3) is 0.667. The maximum Gasteiger partial charge on any atom is 0.386 e. The van der Waals surface area contributed by atoms with Crippen LogP contribution in [0.2, 0.25) is 0 Å². The number of carbonyl (C=O) groups is 2. The molecule has 0 aromatic rings. The van der Waals surface area contributed by atoms with Gasteiger partial charge in [0.2, 0.25) is 0 Å². The summed E-state index contributed by atoms with van der Waals surface area (Å²) in [6.45, 7) is -0.824. The maximum atomic E-state index is 10.8. The quantitative estimate of drug-likeness (QED) is 0.239. The number of nitrogens with two attached hydrogens (primary N) is 1. The minimum atomic E-state index is -1.74. The lowest BCUT2D eigenvalue weighted by Crippen LogP contribution is -2.36. The largest absolute Gasteiger partial charge is 0.393 e. The van der Waals surface area contributed by atoms with Crippen LogP contribution in [0.5, 0.6) is 0 Å². The first-order valence-corrected chi connectivity index (χ1v) is 4.23. The second-order valence-corrected chi connectivity index (χ2v) is 2.66. The number of aliphatic hydroxyl groups is 2. The Morgan fingerprint density at radius 2 is 1.86 bits per heavy atom. The van der Waals surface area contributed by atoms with E-state index in [2.05, 4.69) is 22.4 Å². The molecule has 0 aromatic heterocycles. The van der Waals surface area contributed by atoms with Crippen LogP contribution in [0.1, 0.15) is 0 Å². The van der Waals surface area contributed by atoms with Crippen molar-refractivity contribution in [2.45, 2.75) is 12.1 Å². The number of aliphatic hydroxyl groups excluding tert-OH is 2. The zero-order valence-corrected chi connectivity index (χ0v) is 8.02. The Labute approximate surface area is 85.1 Å². The number of hydrogen-bond donors (Lipinski definition) is 4. The fourth-order valence-corrected chi connectivity index (χ4v) is 0.498. The topological polar surface area (TPSA) is 119 Å².